The summed E-state index contributed by atoms with van der Waals surface area (Å²) in [6, 6.07) is 7.39. The second kappa shape index (κ2) is 5.02. The van der Waals surface area contributed by atoms with E-state index in [4.69, 9.17) is 5.73 Å². The van der Waals surface area contributed by atoms with Crippen molar-refractivity contribution in [3.8, 4) is 0 Å². The van der Waals surface area contributed by atoms with Gasteiger partial charge in [0, 0.05) is 12.1 Å². The zero-order valence-electron chi connectivity index (χ0n) is 11.6. The van der Waals surface area contributed by atoms with Gasteiger partial charge in [-0.15, -0.1) is 0 Å². The van der Waals surface area contributed by atoms with Crippen molar-refractivity contribution in [1.82, 2.24) is 4.90 Å². The van der Waals surface area contributed by atoms with Crippen LogP contribution in [0.15, 0.2) is 24.3 Å². The van der Waals surface area contributed by atoms with Gasteiger partial charge in [0.15, 0.2) is 0 Å². The van der Waals surface area contributed by atoms with E-state index in [9.17, 15) is 9.59 Å². The van der Waals surface area contributed by atoms with E-state index in [-0.39, 0.29) is 11.8 Å². The summed E-state index contributed by atoms with van der Waals surface area (Å²) >= 11 is 0. The van der Waals surface area contributed by atoms with Gasteiger partial charge >= 0.3 is 0 Å². The molecule has 1 aliphatic heterocycles. The molecule has 0 aromatic heterocycles. The van der Waals surface area contributed by atoms with Crippen molar-refractivity contribution in [3.63, 3.8) is 0 Å². The standard InChI is InChI=1S/C16H20N2O2/c17-11-16(8-4-1-5-9-16)18-14(19)10-12-6-2-3-7-13(12)15(18)20/h2-3,6-7H,1,4-5,8-11,17H2. The zero-order chi connectivity index (χ0) is 14.2. The van der Waals surface area contributed by atoms with Crippen LogP contribution in [0, 0.1) is 0 Å². The van der Waals surface area contributed by atoms with E-state index in [2.05, 4.69) is 0 Å². The van der Waals surface area contributed by atoms with Crippen LogP contribution >= 0.6 is 0 Å². The fourth-order valence-electron chi connectivity index (χ4n) is 3.57. The molecule has 1 fully saturated rings. The number of hydrogen-bond donors (Lipinski definition) is 1. The van der Waals surface area contributed by atoms with E-state index < -0.39 is 5.54 Å². The predicted octanol–water partition coefficient (Wildman–Crippen LogP) is 1.87. The Bertz CT molecular complexity index is 547. The molecule has 0 saturated heterocycles. The molecule has 1 aromatic rings. The highest BCUT2D eigenvalue weighted by atomic mass is 16.2. The number of carbonyl (C=O) groups excluding carboxylic acids is 2. The topological polar surface area (TPSA) is 63.4 Å². The van der Waals surface area contributed by atoms with Crippen LogP contribution in [0.4, 0.5) is 0 Å². The summed E-state index contributed by atoms with van der Waals surface area (Å²) in [5.74, 6) is -0.259. The summed E-state index contributed by atoms with van der Waals surface area (Å²) in [6.07, 6.45) is 5.22. The molecule has 2 aliphatic rings. The van der Waals surface area contributed by atoms with Crippen molar-refractivity contribution in [1.29, 1.82) is 0 Å². The summed E-state index contributed by atoms with van der Waals surface area (Å²) in [4.78, 5) is 26.7. The highest BCUT2D eigenvalue weighted by Crippen LogP contribution is 2.36. The maximum Gasteiger partial charge on any atom is 0.261 e. The number of fused-ring (bicyclic) bond motifs is 1. The van der Waals surface area contributed by atoms with Gasteiger partial charge in [-0.25, -0.2) is 0 Å². The van der Waals surface area contributed by atoms with Gasteiger partial charge in [-0.05, 0) is 24.5 Å². The molecule has 1 heterocycles. The van der Waals surface area contributed by atoms with Crippen molar-refractivity contribution in [3.05, 3.63) is 35.4 Å². The van der Waals surface area contributed by atoms with Gasteiger partial charge in [0.05, 0.1) is 12.0 Å². The second-order valence-corrected chi connectivity index (χ2v) is 5.86. The van der Waals surface area contributed by atoms with Gasteiger partial charge in [0.1, 0.15) is 0 Å². The number of hydrogen-bond acceptors (Lipinski definition) is 3. The molecule has 2 N–H and O–H groups in total. The molecule has 20 heavy (non-hydrogen) atoms. The van der Waals surface area contributed by atoms with Gasteiger partial charge in [-0.2, -0.15) is 0 Å². The molecule has 0 spiro atoms. The van der Waals surface area contributed by atoms with Crippen molar-refractivity contribution >= 4 is 11.8 Å². The van der Waals surface area contributed by atoms with E-state index in [0.717, 1.165) is 37.7 Å². The van der Waals surface area contributed by atoms with Crippen LogP contribution in [-0.4, -0.2) is 28.8 Å². The molecular formula is C16H20N2O2. The molecule has 0 atom stereocenters. The maximum absolute atomic E-state index is 12.7. The molecule has 1 saturated carbocycles. The fourth-order valence-corrected chi connectivity index (χ4v) is 3.57. The van der Waals surface area contributed by atoms with Gasteiger partial charge in [0.2, 0.25) is 5.91 Å². The Morgan fingerprint density at radius 1 is 1.10 bits per heavy atom. The normalized spacial score (nSPS) is 21.8. The Morgan fingerprint density at radius 2 is 1.80 bits per heavy atom. The average Bonchev–Trinajstić information content (AvgIpc) is 2.48. The van der Waals surface area contributed by atoms with Crippen molar-refractivity contribution in [2.75, 3.05) is 6.54 Å². The van der Waals surface area contributed by atoms with Crippen LogP contribution in [0.2, 0.25) is 0 Å². The van der Waals surface area contributed by atoms with Gasteiger partial charge in [-0.1, -0.05) is 37.5 Å². The minimum Gasteiger partial charge on any atom is -0.328 e. The molecule has 4 heteroatoms. The Balaban J connectivity index is 2.01. The Kier molecular flexibility index (Phi) is 3.34. The summed E-state index contributed by atoms with van der Waals surface area (Å²) in [6.45, 7) is 0.368. The van der Waals surface area contributed by atoms with Gasteiger partial charge in [-0.3, -0.25) is 14.5 Å². The number of nitrogens with zero attached hydrogens (tertiary/aromatic N) is 1. The molecule has 0 unspecified atom stereocenters. The van der Waals surface area contributed by atoms with E-state index >= 15 is 0 Å². The predicted molar refractivity (Wildman–Crippen MR) is 76.2 cm³/mol. The third-order valence-electron chi connectivity index (χ3n) is 4.68. The number of carbonyl (C=O) groups is 2. The third-order valence-corrected chi connectivity index (χ3v) is 4.68. The molecule has 4 nitrogen and oxygen atoms in total. The highest BCUT2D eigenvalue weighted by molar-refractivity contribution is 6.10. The summed E-state index contributed by atoms with van der Waals surface area (Å²) in [5.41, 5.74) is 7.00. The van der Waals surface area contributed by atoms with Crippen LogP contribution in [0.3, 0.4) is 0 Å². The highest BCUT2D eigenvalue weighted by Gasteiger charge is 2.45. The Hall–Kier alpha value is -1.68. The van der Waals surface area contributed by atoms with E-state index in [1.165, 1.54) is 4.90 Å². The summed E-state index contributed by atoms with van der Waals surface area (Å²) in [5, 5.41) is 0. The summed E-state index contributed by atoms with van der Waals surface area (Å²) < 4.78 is 0. The number of imide groups is 1. The zero-order valence-corrected chi connectivity index (χ0v) is 11.6. The first-order chi connectivity index (χ1) is 9.68. The van der Waals surface area contributed by atoms with Crippen LogP contribution < -0.4 is 5.73 Å². The minimum atomic E-state index is -0.458. The molecular weight excluding hydrogens is 252 g/mol. The smallest absolute Gasteiger partial charge is 0.261 e. The van der Waals surface area contributed by atoms with Crippen LogP contribution in [0.5, 0.6) is 0 Å². The number of nitrogens with two attached hydrogens (primary N) is 1. The van der Waals surface area contributed by atoms with Crippen LogP contribution in [-0.2, 0) is 11.2 Å². The van der Waals surface area contributed by atoms with Crippen molar-refractivity contribution < 1.29 is 9.59 Å². The molecule has 0 radical (unpaired) electrons. The summed E-state index contributed by atoms with van der Waals surface area (Å²) in [7, 11) is 0. The lowest BCUT2D eigenvalue weighted by molar-refractivity contribution is -0.134. The molecule has 1 aromatic carbocycles. The van der Waals surface area contributed by atoms with E-state index in [1.807, 2.05) is 24.3 Å². The van der Waals surface area contributed by atoms with Gasteiger partial charge in [0.25, 0.3) is 5.91 Å². The number of benzene rings is 1. The molecule has 1 aliphatic carbocycles. The van der Waals surface area contributed by atoms with Crippen LogP contribution in [0.25, 0.3) is 0 Å². The second-order valence-electron chi connectivity index (χ2n) is 5.86. The molecule has 3 rings (SSSR count). The van der Waals surface area contributed by atoms with E-state index in [0.29, 0.717) is 18.5 Å². The minimum absolute atomic E-state index is 0.0962. The third kappa shape index (κ3) is 1.95. The first-order valence-electron chi connectivity index (χ1n) is 7.33. The quantitative estimate of drug-likeness (QED) is 0.836. The number of rotatable bonds is 2. The van der Waals surface area contributed by atoms with E-state index in [1.54, 1.807) is 0 Å². The maximum atomic E-state index is 12.7. The molecule has 106 valence electrons. The van der Waals surface area contributed by atoms with Crippen LogP contribution in [0.1, 0.15) is 48.0 Å². The van der Waals surface area contributed by atoms with Crippen molar-refractivity contribution in [2.24, 2.45) is 5.73 Å². The first kappa shape index (κ1) is 13.3. The monoisotopic (exact) mass is 272 g/mol. The molecule has 2 amide bonds. The number of amides is 2. The fraction of sp³-hybridized carbons (Fsp3) is 0.500. The lowest BCUT2D eigenvalue weighted by Crippen LogP contribution is -2.61. The first-order valence-corrected chi connectivity index (χ1v) is 7.33. The van der Waals surface area contributed by atoms with Gasteiger partial charge < -0.3 is 5.73 Å². The molecule has 0 bridgehead atoms. The van der Waals surface area contributed by atoms with Crippen molar-refractivity contribution in [2.45, 2.75) is 44.1 Å². The SMILES string of the molecule is NCC1(N2C(=O)Cc3ccccc3C2=O)CCCCC1. The Labute approximate surface area is 118 Å². The largest absolute Gasteiger partial charge is 0.328 e. The lowest BCUT2D eigenvalue weighted by atomic mass is 9.78. The Morgan fingerprint density at radius 3 is 2.50 bits per heavy atom. The average molecular weight is 272 g/mol. The lowest BCUT2D eigenvalue weighted by Gasteiger charge is -2.46.